The number of hydrogen-bond acceptors (Lipinski definition) is 3. The van der Waals surface area contributed by atoms with Gasteiger partial charge in [-0.1, -0.05) is 25.3 Å². The van der Waals surface area contributed by atoms with Crippen molar-refractivity contribution in [3.8, 4) is 5.75 Å². The van der Waals surface area contributed by atoms with Crippen LogP contribution in [0.2, 0.25) is 0 Å². The summed E-state index contributed by atoms with van der Waals surface area (Å²) in [6, 6.07) is 10.1. The molecule has 0 amide bonds. The van der Waals surface area contributed by atoms with Gasteiger partial charge in [0.2, 0.25) is 0 Å². The van der Waals surface area contributed by atoms with Gasteiger partial charge in [-0.25, -0.2) is 0 Å². The summed E-state index contributed by atoms with van der Waals surface area (Å²) in [5.74, 6) is 0.920. The molecule has 0 bridgehead atoms. The fourth-order valence-corrected chi connectivity index (χ4v) is 3.09. The maximum Gasteiger partial charge on any atom is 0.120 e. The SMILES string of the molecule is NCC1(COc2ccc3ncccc3c2)CCCCC1. The number of nitrogens with zero attached hydrogens (tertiary/aromatic N) is 1. The van der Waals surface area contributed by atoms with Crippen LogP contribution < -0.4 is 10.5 Å². The van der Waals surface area contributed by atoms with E-state index in [0.29, 0.717) is 0 Å². The van der Waals surface area contributed by atoms with E-state index in [1.807, 2.05) is 24.4 Å². The smallest absolute Gasteiger partial charge is 0.120 e. The maximum atomic E-state index is 6.04. The minimum absolute atomic E-state index is 0.183. The zero-order valence-electron chi connectivity index (χ0n) is 11.8. The van der Waals surface area contributed by atoms with E-state index in [1.165, 1.54) is 32.1 Å². The van der Waals surface area contributed by atoms with Gasteiger partial charge in [0.15, 0.2) is 0 Å². The maximum absolute atomic E-state index is 6.04. The third-order valence-corrected chi connectivity index (χ3v) is 4.47. The second-order valence-corrected chi connectivity index (χ2v) is 5.91. The Morgan fingerprint density at radius 1 is 1.15 bits per heavy atom. The van der Waals surface area contributed by atoms with Crippen molar-refractivity contribution in [3.63, 3.8) is 0 Å². The Balaban J connectivity index is 1.72. The molecule has 1 aliphatic rings. The highest BCUT2D eigenvalue weighted by Gasteiger charge is 2.31. The lowest BCUT2D eigenvalue weighted by Crippen LogP contribution is -2.38. The van der Waals surface area contributed by atoms with Crippen molar-refractivity contribution in [3.05, 3.63) is 36.5 Å². The number of ether oxygens (including phenoxy) is 1. The number of pyridine rings is 1. The third kappa shape index (κ3) is 2.78. The van der Waals surface area contributed by atoms with Crippen LogP contribution in [0.4, 0.5) is 0 Å². The monoisotopic (exact) mass is 270 g/mol. The molecule has 3 nitrogen and oxygen atoms in total. The van der Waals surface area contributed by atoms with E-state index >= 15 is 0 Å². The van der Waals surface area contributed by atoms with Crippen LogP contribution in [0.3, 0.4) is 0 Å². The highest BCUT2D eigenvalue weighted by atomic mass is 16.5. The first-order chi connectivity index (χ1) is 9.81. The Hall–Kier alpha value is -1.61. The summed E-state index contributed by atoms with van der Waals surface area (Å²) < 4.78 is 6.04. The summed E-state index contributed by atoms with van der Waals surface area (Å²) in [5.41, 5.74) is 7.19. The van der Waals surface area contributed by atoms with Crippen LogP contribution in [-0.2, 0) is 0 Å². The van der Waals surface area contributed by atoms with Crippen LogP contribution in [0.25, 0.3) is 10.9 Å². The molecule has 0 aliphatic heterocycles. The normalized spacial score (nSPS) is 18.1. The van der Waals surface area contributed by atoms with E-state index in [9.17, 15) is 0 Å². The molecule has 3 heteroatoms. The van der Waals surface area contributed by atoms with Gasteiger partial charge in [0.05, 0.1) is 12.1 Å². The van der Waals surface area contributed by atoms with Crippen molar-refractivity contribution in [1.29, 1.82) is 0 Å². The van der Waals surface area contributed by atoms with Crippen LogP contribution in [0.1, 0.15) is 32.1 Å². The van der Waals surface area contributed by atoms with Gasteiger partial charge in [0.1, 0.15) is 5.75 Å². The van der Waals surface area contributed by atoms with Gasteiger partial charge in [-0.2, -0.15) is 0 Å². The number of nitrogens with two attached hydrogens (primary N) is 1. The molecule has 3 rings (SSSR count). The molecule has 0 radical (unpaired) electrons. The predicted octanol–water partition coefficient (Wildman–Crippen LogP) is 3.52. The molecule has 0 saturated heterocycles. The molecular formula is C17H22N2O. The van der Waals surface area contributed by atoms with Gasteiger partial charge in [0.25, 0.3) is 0 Å². The molecule has 0 spiro atoms. The Labute approximate surface area is 120 Å². The number of hydrogen-bond donors (Lipinski definition) is 1. The zero-order valence-corrected chi connectivity index (χ0v) is 11.8. The second kappa shape index (κ2) is 5.80. The zero-order chi connectivity index (χ0) is 13.8. The molecule has 2 N–H and O–H groups in total. The lowest BCUT2D eigenvalue weighted by molar-refractivity contribution is 0.105. The number of benzene rings is 1. The van der Waals surface area contributed by atoms with Crippen LogP contribution in [0, 0.1) is 5.41 Å². The third-order valence-electron chi connectivity index (χ3n) is 4.47. The fraction of sp³-hybridized carbons (Fsp3) is 0.471. The summed E-state index contributed by atoms with van der Waals surface area (Å²) in [6.45, 7) is 1.46. The Morgan fingerprint density at radius 2 is 2.00 bits per heavy atom. The van der Waals surface area contributed by atoms with Crippen LogP contribution in [-0.4, -0.2) is 18.1 Å². The van der Waals surface area contributed by atoms with Gasteiger partial charge in [-0.05, 0) is 37.1 Å². The topological polar surface area (TPSA) is 48.1 Å². The average Bonchev–Trinajstić information content (AvgIpc) is 2.54. The van der Waals surface area contributed by atoms with E-state index in [-0.39, 0.29) is 5.41 Å². The van der Waals surface area contributed by atoms with E-state index in [2.05, 4.69) is 17.1 Å². The predicted molar refractivity (Wildman–Crippen MR) is 81.8 cm³/mol. The van der Waals surface area contributed by atoms with Crippen molar-refractivity contribution < 1.29 is 4.74 Å². The molecular weight excluding hydrogens is 248 g/mol. The molecule has 2 aromatic rings. The quantitative estimate of drug-likeness (QED) is 0.924. The Bertz CT molecular complexity index is 576. The highest BCUT2D eigenvalue weighted by molar-refractivity contribution is 5.79. The first-order valence-corrected chi connectivity index (χ1v) is 7.49. The fourth-order valence-electron chi connectivity index (χ4n) is 3.09. The van der Waals surface area contributed by atoms with E-state index in [0.717, 1.165) is 29.8 Å². The molecule has 1 saturated carbocycles. The van der Waals surface area contributed by atoms with Crippen molar-refractivity contribution in [2.24, 2.45) is 11.1 Å². The number of rotatable bonds is 4. The number of aromatic nitrogens is 1. The van der Waals surface area contributed by atoms with Crippen molar-refractivity contribution >= 4 is 10.9 Å². The van der Waals surface area contributed by atoms with Crippen LogP contribution >= 0.6 is 0 Å². The molecule has 1 aliphatic carbocycles. The number of fused-ring (bicyclic) bond motifs is 1. The van der Waals surface area contributed by atoms with Crippen molar-refractivity contribution in [2.75, 3.05) is 13.2 Å². The summed E-state index contributed by atoms with van der Waals surface area (Å²) in [6.07, 6.45) is 8.10. The molecule has 0 atom stereocenters. The van der Waals surface area contributed by atoms with Gasteiger partial charge < -0.3 is 10.5 Å². The van der Waals surface area contributed by atoms with E-state index in [1.54, 1.807) is 0 Å². The van der Waals surface area contributed by atoms with Gasteiger partial charge >= 0.3 is 0 Å². The molecule has 1 fully saturated rings. The molecule has 20 heavy (non-hydrogen) atoms. The largest absolute Gasteiger partial charge is 0.493 e. The summed E-state index contributed by atoms with van der Waals surface area (Å²) in [7, 11) is 0. The minimum atomic E-state index is 0.183. The lowest BCUT2D eigenvalue weighted by Gasteiger charge is -2.35. The molecule has 106 valence electrons. The minimum Gasteiger partial charge on any atom is -0.493 e. The first-order valence-electron chi connectivity index (χ1n) is 7.49. The molecule has 1 heterocycles. The summed E-state index contributed by atoms with van der Waals surface area (Å²) in [5, 5.41) is 1.12. The Morgan fingerprint density at radius 3 is 2.80 bits per heavy atom. The first kappa shape index (κ1) is 13.4. The molecule has 0 unspecified atom stereocenters. The molecule has 1 aromatic carbocycles. The summed E-state index contributed by atoms with van der Waals surface area (Å²) in [4.78, 5) is 4.33. The summed E-state index contributed by atoms with van der Waals surface area (Å²) >= 11 is 0. The van der Waals surface area contributed by atoms with E-state index in [4.69, 9.17) is 10.5 Å². The van der Waals surface area contributed by atoms with Gasteiger partial charge in [-0.15, -0.1) is 0 Å². The van der Waals surface area contributed by atoms with Gasteiger partial charge in [-0.3, -0.25) is 4.98 Å². The average molecular weight is 270 g/mol. The second-order valence-electron chi connectivity index (χ2n) is 5.91. The van der Waals surface area contributed by atoms with Crippen molar-refractivity contribution in [2.45, 2.75) is 32.1 Å². The van der Waals surface area contributed by atoms with Crippen molar-refractivity contribution in [1.82, 2.24) is 4.98 Å². The Kier molecular flexibility index (Phi) is 3.88. The molecule has 1 aromatic heterocycles. The van der Waals surface area contributed by atoms with Crippen LogP contribution in [0.5, 0.6) is 5.75 Å². The van der Waals surface area contributed by atoms with E-state index < -0.39 is 0 Å². The standard InChI is InChI=1S/C17H22N2O/c18-12-17(8-2-1-3-9-17)13-20-15-6-7-16-14(11-15)5-4-10-19-16/h4-7,10-11H,1-3,8-9,12-13,18H2. The lowest BCUT2D eigenvalue weighted by atomic mass is 9.75. The van der Waals surface area contributed by atoms with Crippen LogP contribution in [0.15, 0.2) is 36.5 Å². The highest BCUT2D eigenvalue weighted by Crippen LogP contribution is 2.36. The van der Waals surface area contributed by atoms with Gasteiger partial charge in [0, 0.05) is 23.5 Å².